The highest BCUT2D eigenvalue weighted by atomic mass is 32.2. The number of benzene rings is 2. The molecule has 0 amide bonds. The fraction of sp³-hybridized carbons (Fsp3) is 0.333. The molecule has 0 saturated heterocycles. The van der Waals surface area contributed by atoms with Crippen molar-refractivity contribution < 1.29 is 53.7 Å². The van der Waals surface area contributed by atoms with Crippen molar-refractivity contribution >= 4 is 15.7 Å². The number of sulfonamides is 1. The lowest BCUT2D eigenvalue weighted by atomic mass is 10.3. The van der Waals surface area contributed by atoms with Crippen LogP contribution in [0, 0.1) is 0 Å². The van der Waals surface area contributed by atoms with E-state index in [1.165, 1.54) is 32.4 Å². The first-order valence-corrected chi connectivity index (χ1v) is 10.0. The molecule has 1 N–H and O–H groups in total. The Balaban J connectivity index is 2.42. The molecule has 2 rings (SSSR count). The minimum absolute atomic E-state index is 0.0639. The van der Waals surface area contributed by atoms with E-state index in [0.29, 0.717) is 6.07 Å². The molecule has 0 bridgehead atoms. The Hall–Kier alpha value is -3.03. The number of halogens is 6. The zero-order valence-electron chi connectivity index (χ0n) is 16.5. The van der Waals surface area contributed by atoms with Gasteiger partial charge in [-0.15, -0.1) is 0 Å². The summed E-state index contributed by atoms with van der Waals surface area (Å²) in [7, 11) is -1.99. The largest absolute Gasteiger partial charge is 0.493 e. The number of hydrogen-bond acceptors (Lipinski definition) is 6. The first-order valence-electron chi connectivity index (χ1n) is 8.52. The van der Waals surface area contributed by atoms with Crippen molar-refractivity contribution in [3.63, 3.8) is 0 Å². The van der Waals surface area contributed by atoms with E-state index in [2.05, 4.69) is 14.2 Å². The number of methoxy groups -OCH3 is 2. The van der Waals surface area contributed by atoms with Gasteiger partial charge in [-0.05, 0) is 24.3 Å². The molecule has 0 radical (unpaired) electrons. The van der Waals surface area contributed by atoms with Gasteiger partial charge in [0.2, 0.25) is 0 Å². The highest BCUT2D eigenvalue weighted by Gasteiger charge is 2.31. The van der Waals surface area contributed by atoms with Crippen LogP contribution in [0.25, 0.3) is 0 Å². The van der Waals surface area contributed by atoms with E-state index in [4.69, 9.17) is 9.47 Å². The fourth-order valence-corrected chi connectivity index (χ4v) is 3.55. The summed E-state index contributed by atoms with van der Waals surface area (Å²) in [5.41, 5.74) is -0.0639. The average molecular weight is 489 g/mol. The molecule has 0 atom stereocenters. The zero-order valence-corrected chi connectivity index (χ0v) is 17.3. The van der Waals surface area contributed by atoms with Crippen molar-refractivity contribution in [2.45, 2.75) is 17.2 Å². The van der Waals surface area contributed by atoms with Gasteiger partial charge >= 0.3 is 12.4 Å². The SMILES string of the molecule is COc1ccc(NS(=O)(=O)c2cc(OCC(F)(F)F)ccc2OCC(F)(F)F)cc1OC. The summed E-state index contributed by atoms with van der Waals surface area (Å²) in [6, 6.07) is 6.12. The summed E-state index contributed by atoms with van der Waals surface area (Å²) in [5, 5.41) is 0. The van der Waals surface area contributed by atoms with E-state index in [1.54, 1.807) is 0 Å². The predicted octanol–water partition coefficient (Wildman–Crippen LogP) is 4.39. The number of nitrogens with one attached hydrogen (secondary N) is 1. The predicted molar refractivity (Wildman–Crippen MR) is 99.9 cm³/mol. The Morgan fingerprint density at radius 2 is 1.34 bits per heavy atom. The van der Waals surface area contributed by atoms with E-state index in [9.17, 15) is 34.8 Å². The minimum Gasteiger partial charge on any atom is -0.493 e. The Bertz CT molecular complexity index is 1040. The van der Waals surface area contributed by atoms with Gasteiger partial charge in [0, 0.05) is 12.1 Å². The highest BCUT2D eigenvalue weighted by Crippen LogP contribution is 2.34. The standard InChI is InChI=1S/C18H17F6NO6S/c1-28-13-5-3-11(7-15(13)29-2)25-32(26,27)16-8-12(30-9-17(19,20)21)4-6-14(16)31-10-18(22,23)24/h3-8,25H,9-10H2,1-2H3. The maximum Gasteiger partial charge on any atom is 0.422 e. The Kier molecular flexibility index (Phi) is 7.59. The van der Waals surface area contributed by atoms with E-state index in [0.717, 1.165) is 12.1 Å². The molecule has 0 aromatic heterocycles. The molecule has 0 heterocycles. The van der Waals surface area contributed by atoms with E-state index in [1.807, 2.05) is 0 Å². The topological polar surface area (TPSA) is 83.1 Å². The Morgan fingerprint density at radius 3 is 1.91 bits per heavy atom. The van der Waals surface area contributed by atoms with Gasteiger partial charge < -0.3 is 18.9 Å². The normalized spacial score (nSPS) is 12.2. The second kappa shape index (κ2) is 9.63. The van der Waals surface area contributed by atoms with Gasteiger partial charge in [0.05, 0.1) is 19.9 Å². The van der Waals surface area contributed by atoms with Gasteiger partial charge in [0.25, 0.3) is 10.0 Å². The maximum absolute atomic E-state index is 12.8. The molecule has 0 aliphatic rings. The van der Waals surface area contributed by atoms with Gasteiger partial charge in [-0.3, -0.25) is 4.72 Å². The molecule has 32 heavy (non-hydrogen) atoms. The maximum atomic E-state index is 12.8. The van der Waals surface area contributed by atoms with Crippen LogP contribution in [0.1, 0.15) is 0 Å². The fourth-order valence-electron chi connectivity index (χ4n) is 2.34. The number of ether oxygens (including phenoxy) is 4. The van der Waals surface area contributed by atoms with E-state index >= 15 is 0 Å². The molecular formula is C18H17F6NO6S. The third kappa shape index (κ3) is 7.28. The van der Waals surface area contributed by atoms with Crippen LogP contribution in [-0.4, -0.2) is 48.2 Å². The van der Waals surface area contributed by atoms with Crippen molar-refractivity contribution in [1.82, 2.24) is 0 Å². The molecule has 178 valence electrons. The van der Waals surface area contributed by atoms with E-state index < -0.39 is 52.0 Å². The van der Waals surface area contributed by atoms with Gasteiger partial charge in [-0.1, -0.05) is 0 Å². The summed E-state index contributed by atoms with van der Waals surface area (Å²) >= 11 is 0. The Morgan fingerprint density at radius 1 is 0.781 bits per heavy atom. The number of hydrogen-bond donors (Lipinski definition) is 1. The average Bonchev–Trinajstić information content (AvgIpc) is 2.69. The van der Waals surface area contributed by atoms with E-state index in [-0.39, 0.29) is 17.2 Å². The summed E-state index contributed by atoms with van der Waals surface area (Å²) < 4.78 is 122. The smallest absolute Gasteiger partial charge is 0.422 e. The second-order valence-electron chi connectivity index (χ2n) is 6.09. The van der Waals surface area contributed by atoms with Crippen molar-refractivity contribution in [1.29, 1.82) is 0 Å². The number of alkyl halides is 6. The molecule has 2 aromatic carbocycles. The monoisotopic (exact) mass is 489 g/mol. The van der Waals surface area contributed by atoms with Crippen LogP contribution in [0.5, 0.6) is 23.0 Å². The van der Waals surface area contributed by atoms with Crippen molar-refractivity contribution in [3.8, 4) is 23.0 Å². The van der Waals surface area contributed by atoms with Crippen molar-refractivity contribution in [3.05, 3.63) is 36.4 Å². The number of rotatable bonds is 9. The van der Waals surface area contributed by atoms with Crippen LogP contribution in [0.15, 0.2) is 41.3 Å². The molecule has 0 spiro atoms. The number of anilines is 1. The summed E-state index contributed by atoms with van der Waals surface area (Å²) in [4.78, 5) is -0.865. The molecule has 0 aliphatic heterocycles. The third-order valence-electron chi connectivity index (χ3n) is 3.63. The molecule has 0 saturated carbocycles. The molecule has 0 unspecified atom stereocenters. The van der Waals surface area contributed by atoms with Crippen molar-refractivity contribution in [2.75, 3.05) is 32.2 Å². The van der Waals surface area contributed by atoms with Crippen LogP contribution in [0.2, 0.25) is 0 Å². The minimum atomic E-state index is -4.79. The summed E-state index contributed by atoms with van der Waals surface area (Å²) in [6.07, 6.45) is -9.51. The molecule has 0 aliphatic carbocycles. The van der Waals surface area contributed by atoms with Crippen molar-refractivity contribution in [2.24, 2.45) is 0 Å². The van der Waals surface area contributed by atoms with Gasteiger partial charge in [0.1, 0.15) is 16.4 Å². The van der Waals surface area contributed by atoms with Crippen LogP contribution in [0.3, 0.4) is 0 Å². The van der Waals surface area contributed by atoms with Gasteiger partial charge in [0.15, 0.2) is 24.7 Å². The van der Waals surface area contributed by atoms with Gasteiger partial charge in [-0.25, -0.2) is 8.42 Å². The third-order valence-corrected chi connectivity index (χ3v) is 5.04. The summed E-state index contributed by atoms with van der Waals surface area (Å²) in [5.74, 6) is -0.875. The first-order chi connectivity index (χ1) is 14.7. The lowest BCUT2D eigenvalue weighted by Gasteiger charge is -2.17. The highest BCUT2D eigenvalue weighted by molar-refractivity contribution is 7.92. The Labute approximate surface area is 178 Å². The molecule has 14 heteroatoms. The zero-order chi connectivity index (χ0) is 24.2. The van der Waals surface area contributed by atoms with Crippen LogP contribution < -0.4 is 23.7 Å². The molecular weight excluding hydrogens is 472 g/mol. The quantitative estimate of drug-likeness (QED) is 0.527. The first kappa shape index (κ1) is 25.2. The lowest BCUT2D eigenvalue weighted by Crippen LogP contribution is -2.22. The van der Waals surface area contributed by atoms with Crippen LogP contribution >= 0.6 is 0 Å². The van der Waals surface area contributed by atoms with Crippen LogP contribution in [-0.2, 0) is 10.0 Å². The molecule has 2 aromatic rings. The molecule has 7 nitrogen and oxygen atoms in total. The molecule has 0 fully saturated rings. The van der Waals surface area contributed by atoms with Crippen LogP contribution in [0.4, 0.5) is 32.0 Å². The summed E-state index contributed by atoms with van der Waals surface area (Å²) in [6.45, 7) is -3.56. The lowest BCUT2D eigenvalue weighted by molar-refractivity contribution is -0.154. The van der Waals surface area contributed by atoms with Gasteiger partial charge in [-0.2, -0.15) is 26.3 Å². The second-order valence-corrected chi connectivity index (χ2v) is 7.74.